The van der Waals surface area contributed by atoms with Crippen LogP contribution in [0.15, 0.2) is 66.7 Å². The Kier molecular flexibility index (Phi) is 9.25. The zero-order valence-corrected chi connectivity index (χ0v) is 19.0. The van der Waals surface area contributed by atoms with Crippen molar-refractivity contribution >= 4 is 11.9 Å². The van der Waals surface area contributed by atoms with E-state index in [-0.39, 0.29) is 17.7 Å². The van der Waals surface area contributed by atoms with Gasteiger partial charge < -0.3 is 29.2 Å². The number of aromatic carboxylic acids is 2. The van der Waals surface area contributed by atoms with Crippen molar-refractivity contribution in [1.29, 1.82) is 0 Å². The molecule has 0 bridgehead atoms. The van der Waals surface area contributed by atoms with Crippen molar-refractivity contribution in [2.75, 3.05) is 26.4 Å². The van der Waals surface area contributed by atoms with E-state index in [9.17, 15) is 9.59 Å². The highest BCUT2D eigenvalue weighted by atomic mass is 16.5. The molecule has 3 aromatic carbocycles. The quantitative estimate of drug-likeness (QED) is 0.291. The van der Waals surface area contributed by atoms with Gasteiger partial charge in [0.1, 0.15) is 29.6 Å². The lowest BCUT2D eigenvalue weighted by Crippen LogP contribution is -2.03. The van der Waals surface area contributed by atoms with Crippen LogP contribution in [-0.2, 0) is 9.47 Å². The van der Waals surface area contributed by atoms with Crippen molar-refractivity contribution in [1.82, 2.24) is 0 Å². The number of carboxylic acid groups (broad SMARTS) is 2. The first-order chi connectivity index (χ1) is 16.9. The van der Waals surface area contributed by atoms with Crippen molar-refractivity contribution < 1.29 is 38.7 Å². The summed E-state index contributed by atoms with van der Waals surface area (Å²) in [6.07, 6.45) is 0. The standard InChI is InChI=1S/C27H24O8/c1-2-32-14-15-33-13-3-4-19-16-24(34-22-9-5-20(6-10-22)26(28)29)18-25(17-19)35-23-11-7-21(8-12-23)27(30)31/h5-12,16-18H,2,13-15H2,1H3,(H,28,29)(H,30,31). The van der Waals surface area contributed by atoms with Crippen LogP contribution in [0.25, 0.3) is 0 Å². The summed E-state index contributed by atoms with van der Waals surface area (Å²) < 4.78 is 22.4. The summed E-state index contributed by atoms with van der Waals surface area (Å²) in [5.41, 5.74) is 0.903. The van der Waals surface area contributed by atoms with E-state index in [4.69, 9.17) is 29.2 Å². The van der Waals surface area contributed by atoms with Gasteiger partial charge in [-0.05, 0) is 67.6 Å². The number of hydrogen-bond acceptors (Lipinski definition) is 6. The van der Waals surface area contributed by atoms with Gasteiger partial charge in [-0.1, -0.05) is 11.8 Å². The van der Waals surface area contributed by atoms with Gasteiger partial charge in [0.2, 0.25) is 0 Å². The van der Waals surface area contributed by atoms with Crippen LogP contribution in [0.2, 0.25) is 0 Å². The Labute approximate surface area is 202 Å². The summed E-state index contributed by atoms with van der Waals surface area (Å²) in [5, 5.41) is 18.1. The SMILES string of the molecule is CCOCCOCC#Cc1cc(Oc2ccc(C(=O)O)cc2)cc(Oc2ccc(C(=O)O)cc2)c1. The normalized spacial score (nSPS) is 10.2. The number of carboxylic acids is 2. The van der Waals surface area contributed by atoms with Gasteiger partial charge in [-0.25, -0.2) is 9.59 Å². The Hall–Kier alpha value is -4.32. The molecule has 0 amide bonds. The second-order valence-corrected chi connectivity index (χ2v) is 7.11. The minimum Gasteiger partial charge on any atom is -0.478 e. The summed E-state index contributed by atoms with van der Waals surface area (Å²) in [4.78, 5) is 22.1. The minimum atomic E-state index is -1.03. The maximum absolute atomic E-state index is 11.1. The highest BCUT2D eigenvalue weighted by Gasteiger charge is 2.08. The molecule has 3 rings (SSSR count). The number of carbonyl (C=O) groups is 2. The third-order valence-electron chi connectivity index (χ3n) is 4.54. The molecule has 180 valence electrons. The average Bonchev–Trinajstić information content (AvgIpc) is 2.84. The Morgan fingerprint density at radius 3 is 1.66 bits per heavy atom. The molecule has 0 saturated carbocycles. The molecule has 8 heteroatoms. The smallest absolute Gasteiger partial charge is 0.335 e. The van der Waals surface area contributed by atoms with Crippen molar-refractivity contribution in [3.63, 3.8) is 0 Å². The van der Waals surface area contributed by atoms with E-state index >= 15 is 0 Å². The van der Waals surface area contributed by atoms with Crippen LogP contribution in [0.1, 0.15) is 33.2 Å². The Morgan fingerprint density at radius 2 is 1.20 bits per heavy atom. The van der Waals surface area contributed by atoms with Gasteiger partial charge in [0.15, 0.2) is 0 Å². The molecule has 0 aliphatic carbocycles. The van der Waals surface area contributed by atoms with E-state index in [1.165, 1.54) is 24.3 Å². The van der Waals surface area contributed by atoms with E-state index in [0.717, 1.165) is 0 Å². The first-order valence-electron chi connectivity index (χ1n) is 10.8. The Bertz CT molecular complexity index is 1130. The van der Waals surface area contributed by atoms with Gasteiger partial charge >= 0.3 is 11.9 Å². The maximum atomic E-state index is 11.1. The molecule has 0 atom stereocenters. The Balaban J connectivity index is 1.79. The predicted octanol–water partition coefficient (Wildman–Crippen LogP) is 5.07. The number of rotatable bonds is 11. The maximum Gasteiger partial charge on any atom is 0.335 e. The topological polar surface area (TPSA) is 112 Å². The first kappa shape index (κ1) is 25.3. The summed E-state index contributed by atoms with van der Waals surface area (Å²) in [5.74, 6) is 5.62. The molecular weight excluding hydrogens is 452 g/mol. The van der Waals surface area contributed by atoms with Crippen LogP contribution < -0.4 is 9.47 Å². The first-order valence-corrected chi connectivity index (χ1v) is 10.8. The molecule has 35 heavy (non-hydrogen) atoms. The molecule has 0 aliphatic heterocycles. The van der Waals surface area contributed by atoms with Crippen molar-refractivity contribution in [3.05, 3.63) is 83.4 Å². The highest BCUT2D eigenvalue weighted by Crippen LogP contribution is 2.30. The zero-order chi connectivity index (χ0) is 25.0. The lowest BCUT2D eigenvalue weighted by atomic mass is 10.2. The zero-order valence-electron chi connectivity index (χ0n) is 19.0. The lowest BCUT2D eigenvalue weighted by Gasteiger charge is -2.11. The number of ether oxygens (including phenoxy) is 4. The van der Waals surface area contributed by atoms with Crippen LogP contribution in [0, 0.1) is 11.8 Å². The molecule has 0 unspecified atom stereocenters. The van der Waals surface area contributed by atoms with Crippen LogP contribution in [0.5, 0.6) is 23.0 Å². The van der Waals surface area contributed by atoms with Crippen LogP contribution in [-0.4, -0.2) is 48.6 Å². The summed E-state index contributed by atoms with van der Waals surface area (Å²) >= 11 is 0. The molecule has 0 saturated heterocycles. The van der Waals surface area contributed by atoms with Crippen LogP contribution in [0.3, 0.4) is 0 Å². The highest BCUT2D eigenvalue weighted by molar-refractivity contribution is 5.88. The summed E-state index contributed by atoms with van der Waals surface area (Å²) in [6.45, 7) is 3.71. The third kappa shape index (κ3) is 8.19. The molecule has 8 nitrogen and oxygen atoms in total. The van der Waals surface area contributed by atoms with Gasteiger partial charge in [-0.15, -0.1) is 0 Å². The fourth-order valence-corrected chi connectivity index (χ4v) is 2.89. The fraction of sp³-hybridized carbons (Fsp3) is 0.185. The lowest BCUT2D eigenvalue weighted by molar-refractivity contribution is 0.0662. The number of hydrogen-bond donors (Lipinski definition) is 2. The van der Waals surface area contributed by atoms with E-state index in [1.807, 2.05) is 6.92 Å². The van der Waals surface area contributed by atoms with Gasteiger partial charge in [0.25, 0.3) is 0 Å². The third-order valence-corrected chi connectivity index (χ3v) is 4.54. The molecule has 0 spiro atoms. The molecule has 3 aromatic rings. The van der Waals surface area contributed by atoms with E-state index < -0.39 is 11.9 Å². The number of benzene rings is 3. The minimum absolute atomic E-state index is 0.148. The fourth-order valence-electron chi connectivity index (χ4n) is 2.89. The second-order valence-electron chi connectivity index (χ2n) is 7.11. The van der Waals surface area contributed by atoms with Crippen LogP contribution >= 0.6 is 0 Å². The van der Waals surface area contributed by atoms with Gasteiger partial charge in [-0.2, -0.15) is 0 Å². The van der Waals surface area contributed by atoms with Crippen molar-refractivity contribution in [2.24, 2.45) is 0 Å². The van der Waals surface area contributed by atoms with E-state index in [1.54, 1.807) is 42.5 Å². The molecule has 0 aliphatic rings. The largest absolute Gasteiger partial charge is 0.478 e. The van der Waals surface area contributed by atoms with Crippen molar-refractivity contribution in [3.8, 4) is 34.8 Å². The average molecular weight is 476 g/mol. The van der Waals surface area contributed by atoms with E-state index in [0.29, 0.717) is 48.4 Å². The van der Waals surface area contributed by atoms with Crippen molar-refractivity contribution in [2.45, 2.75) is 6.92 Å². The summed E-state index contributed by atoms with van der Waals surface area (Å²) in [7, 11) is 0. The summed E-state index contributed by atoms with van der Waals surface area (Å²) in [6, 6.07) is 17.1. The molecule has 0 radical (unpaired) electrons. The van der Waals surface area contributed by atoms with E-state index in [2.05, 4.69) is 11.8 Å². The predicted molar refractivity (Wildman–Crippen MR) is 128 cm³/mol. The van der Waals surface area contributed by atoms with Gasteiger partial charge in [0.05, 0.1) is 24.3 Å². The molecule has 0 aromatic heterocycles. The molecular formula is C27H24O8. The second kappa shape index (κ2) is 12.8. The molecule has 0 fully saturated rings. The Morgan fingerprint density at radius 1 is 0.714 bits per heavy atom. The molecule has 0 heterocycles. The van der Waals surface area contributed by atoms with Gasteiger partial charge in [-0.3, -0.25) is 0 Å². The van der Waals surface area contributed by atoms with Crippen LogP contribution in [0.4, 0.5) is 0 Å². The molecule has 2 N–H and O–H groups in total. The van der Waals surface area contributed by atoms with Gasteiger partial charge in [0, 0.05) is 18.2 Å². The monoisotopic (exact) mass is 476 g/mol.